The second-order valence-electron chi connectivity index (χ2n) is 4.92. The number of nitro groups is 1. The van der Waals surface area contributed by atoms with Crippen LogP contribution in [0.4, 0.5) is 11.4 Å². The number of carbonyl (C=O) groups excluding carboxylic acids is 1. The van der Waals surface area contributed by atoms with Crippen LogP contribution in [-0.4, -0.2) is 16.0 Å². The van der Waals surface area contributed by atoms with E-state index in [2.05, 4.69) is 10.5 Å². The van der Waals surface area contributed by atoms with Crippen LogP contribution in [0.3, 0.4) is 0 Å². The Morgan fingerprint density at radius 2 is 2.14 bits per heavy atom. The van der Waals surface area contributed by atoms with Gasteiger partial charge < -0.3 is 9.84 Å². The number of benzene rings is 1. The summed E-state index contributed by atoms with van der Waals surface area (Å²) in [5, 5.41) is 17.2. The molecule has 2 rings (SSSR count). The predicted molar refractivity (Wildman–Crippen MR) is 76.4 cm³/mol. The third kappa shape index (κ3) is 3.07. The van der Waals surface area contributed by atoms with Crippen LogP contribution in [0.1, 0.15) is 41.6 Å². The number of hydrogen-bond donors (Lipinski definition) is 1. The van der Waals surface area contributed by atoms with Gasteiger partial charge in [0.2, 0.25) is 0 Å². The van der Waals surface area contributed by atoms with Gasteiger partial charge in [0.1, 0.15) is 5.56 Å². The highest BCUT2D eigenvalue weighted by Gasteiger charge is 2.22. The van der Waals surface area contributed by atoms with E-state index in [1.54, 1.807) is 13.0 Å². The number of carbonyl (C=O) groups is 1. The van der Waals surface area contributed by atoms with E-state index < -0.39 is 10.8 Å². The molecule has 1 aromatic heterocycles. The Labute approximate surface area is 121 Å². The molecular formula is C14H15N3O4. The van der Waals surface area contributed by atoms with E-state index >= 15 is 0 Å². The second-order valence-corrected chi connectivity index (χ2v) is 4.92. The Morgan fingerprint density at radius 3 is 2.76 bits per heavy atom. The summed E-state index contributed by atoms with van der Waals surface area (Å²) in [4.78, 5) is 22.5. The van der Waals surface area contributed by atoms with E-state index in [0.717, 1.165) is 0 Å². The summed E-state index contributed by atoms with van der Waals surface area (Å²) in [6.45, 7) is 5.46. The van der Waals surface area contributed by atoms with Crippen LogP contribution in [0.25, 0.3) is 0 Å². The smallest absolute Gasteiger partial charge is 0.271 e. The highest BCUT2D eigenvalue weighted by Crippen LogP contribution is 2.24. The maximum absolute atomic E-state index is 12.3. The molecule has 21 heavy (non-hydrogen) atoms. The van der Waals surface area contributed by atoms with Crippen molar-refractivity contribution in [2.75, 3.05) is 5.32 Å². The van der Waals surface area contributed by atoms with Crippen molar-refractivity contribution in [2.45, 2.75) is 26.7 Å². The number of hydrogen-bond acceptors (Lipinski definition) is 5. The number of aromatic nitrogens is 1. The quantitative estimate of drug-likeness (QED) is 0.688. The zero-order valence-corrected chi connectivity index (χ0v) is 11.9. The zero-order chi connectivity index (χ0) is 15.6. The molecule has 0 saturated heterocycles. The zero-order valence-electron chi connectivity index (χ0n) is 11.9. The molecule has 0 saturated carbocycles. The number of nitrogens with one attached hydrogen (secondary N) is 1. The van der Waals surface area contributed by atoms with Gasteiger partial charge >= 0.3 is 0 Å². The van der Waals surface area contributed by atoms with Gasteiger partial charge in [-0.2, -0.15) is 0 Å². The van der Waals surface area contributed by atoms with Crippen LogP contribution in [0.5, 0.6) is 0 Å². The Kier molecular flexibility index (Phi) is 4.02. The van der Waals surface area contributed by atoms with Gasteiger partial charge in [0.15, 0.2) is 5.76 Å². The first kappa shape index (κ1) is 14.7. The fourth-order valence-electron chi connectivity index (χ4n) is 1.95. The number of nitro benzene ring substituents is 1. The molecule has 7 nitrogen and oxygen atoms in total. The summed E-state index contributed by atoms with van der Waals surface area (Å²) in [5.41, 5.74) is 1.13. The van der Waals surface area contributed by atoms with Crippen molar-refractivity contribution >= 4 is 17.3 Å². The SMILES string of the molecule is Cc1noc(C(C)C)c1C(=O)Nc1cccc([N+](=O)[O-])c1. The predicted octanol–water partition coefficient (Wildman–Crippen LogP) is 3.27. The summed E-state index contributed by atoms with van der Waals surface area (Å²) in [6, 6.07) is 5.76. The Bertz CT molecular complexity index is 691. The number of rotatable bonds is 4. The normalized spacial score (nSPS) is 10.7. The van der Waals surface area contributed by atoms with E-state index in [9.17, 15) is 14.9 Å². The number of anilines is 1. The van der Waals surface area contributed by atoms with Crippen LogP contribution in [-0.2, 0) is 0 Å². The maximum Gasteiger partial charge on any atom is 0.271 e. The maximum atomic E-state index is 12.3. The molecule has 1 aromatic carbocycles. The van der Waals surface area contributed by atoms with Crippen LogP contribution < -0.4 is 5.32 Å². The minimum absolute atomic E-state index is 0.0112. The van der Waals surface area contributed by atoms with Crippen LogP contribution in [0, 0.1) is 17.0 Å². The monoisotopic (exact) mass is 289 g/mol. The molecule has 0 radical (unpaired) electrons. The summed E-state index contributed by atoms with van der Waals surface area (Å²) in [7, 11) is 0. The van der Waals surface area contributed by atoms with E-state index in [-0.39, 0.29) is 11.6 Å². The largest absolute Gasteiger partial charge is 0.360 e. The van der Waals surface area contributed by atoms with Crippen LogP contribution >= 0.6 is 0 Å². The first-order chi connectivity index (χ1) is 9.90. The van der Waals surface area contributed by atoms with E-state index in [4.69, 9.17) is 4.52 Å². The van der Waals surface area contributed by atoms with E-state index in [1.165, 1.54) is 18.2 Å². The fraction of sp³-hybridized carbons (Fsp3) is 0.286. The molecule has 1 amide bonds. The number of nitrogens with zero attached hydrogens (tertiary/aromatic N) is 2. The highest BCUT2D eigenvalue weighted by molar-refractivity contribution is 6.05. The molecule has 110 valence electrons. The lowest BCUT2D eigenvalue weighted by atomic mass is 10.0. The van der Waals surface area contributed by atoms with Crippen molar-refractivity contribution in [2.24, 2.45) is 0 Å². The van der Waals surface area contributed by atoms with Crippen molar-refractivity contribution in [3.05, 3.63) is 51.4 Å². The summed E-state index contributed by atoms with van der Waals surface area (Å²) in [6.07, 6.45) is 0. The van der Waals surface area contributed by atoms with Crippen molar-refractivity contribution in [1.29, 1.82) is 0 Å². The summed E-state index contributed by atoms with van der Waals surface area (Å²) in [5.74, 6) is 0.116. The van der Waals surface area contributed by atoms with Crippen molar-refractivity contribution in [3.63, 3.8) is 0 Å². The van der Waals surface area contributed by atoms with Gasteiger partial charge in [0.05, 0.1) is 10.6 Å². The molecule has 0 unspecified atom stereocenters. The highest BCUT2D eigenvalue weighted by atomic mass is 16.6. The third-order valence-corrected chi connectivity index (χ3v) is 2.96. The molecule has 7 heteroatoms. The first-order valence-corrected chi connectivity index (χ1v) is 6.42. The Balaban J connectivity index is 2.28. The topological polar surface area (TPSA) is 98.3 Å². The minimum atomic E-state index is -0.514. The van der Waals surface area contributed by atoms with Gasteiger partial charge in [-0.1, -0.05) is 25.1 Å². The standard InChI is InChI=1S/C14H15N3O4/c1-8(2)13-12(9(3)16-21-13)14(18)15-10-5-4-6-11(7-10)17(19)20/h4-8H,1-3H3,(H,15,18). The number of non-ortho nitro benzene ring substituents is 1. The van der Waals surface area contributed by atoms with Crippen LogP contribution in [0.15, 0.2) is 28.8 Å². The van der Waals surface area contributed by atoms with E-state index in [1.807, 2.05) is 13.8 Å². The third-order valence-electron chi connectivity index (χ3n) is 2.96. The summed E-state index contributed by atoms with van der Waals surface area (Å²) >= 11 is 0. The fourth-order valence-corrected chi connectivity index (χ4v) is 1.95. The average molecular weight is 289 g/mol. The molecule has 1 heterocycles. The second kappa shape index (κ2) is 5.74. The van der Waals surface area contributed by atoms with Gasteiger partial charge in [0.25, 0.3) is 11.6 Å². The molecule has 0 atom stereocenters. The molecule has 0 aliphatic heterocycles. The van der Waals surface area contributed by atoms with Gasteiger partial charge in [-0.3, -0.25) is 14.9 Å². The molecule has 0 bridgehead atoms. The van der Waals surface area contributed by atoms with Gasteiger partial charge in [-0.05, 0) is 13.0 Å². The lowest BCUT2D eigenvalue weighted by Gasteiger charge is -2.07. The van der Waals surface area contributed by atoms with Crippen molar-refractivity contribution in [3.8, 4) is 0 Å². The van der Waals surface area contributed by atoms with Gasteiger partial charge in [-0.15, -0.1) is 0 Å². The van der Waals surface area contributed by atoms with E-state index in [0.29, 0.717) is 22.7 Å². The average Bonchev–Trinajstić information content (AvgIpc) is 2.81. The molecule has 0 aliphatic rings. The molecule has 0 fully saturated rings. The lowest BCUT2D eigenvalue weighted by molar-refractivity contribution is -0.384. The van der Waals surface area contributed by atoms with Crippen molar-refractivity contribution < 1.29 is 14.2 Å². The van der Waals surface area contributed by atoms with Gasteiger partial charge in [0, 0.05) is 23.7 Å². The Hall–Kier alpha value is -2.70. The molecule has 0 aliphatic carbocycles. The lowest BCUT2D eigenvalue weighted by Crippen LogP contribution is -2.14. The van der Waals surface area contributed by atoms with Crippen LogP contribution in [0.2, 0.25) is 0 Å². The van der Waals surface area contributed by atoms with Gasteiger partial charge in [-0.25, -0.2) is 0 Å². The molecule has 0 spiro atoms. The molecule has 1 N–H and O–H groups in total. The number of aryl methyl sites for hydroxylation is 1. The molecular weight excluding hydrogens is 274 g/mol. The Morgan fingerprint density at radius 1 is 1.43 bits per heavy atom. The van der Waals surface area contributed by atoms with Crippen molar-refractivity contribution in [1.82, 2.24) is 5.16 Å². The summed E-state index contributed by atoms with van der Waals surface area (Å²) < 4.78 is 5.16. The number of amides is 1. The molecule has 2 aromatic rings. The first-order valence-electron chi connectivity index (χ1n) is 6.42. The minimum Gasteiger partial charge on any atom is -0.360 e.